The largest absolute Gasteiger partial charge is 0.300 e. The molecule has 0 saturated carbocycles. The van der Waals surface area contributed by atoms with Crippen molar-refractivity contribution in [3.05, 3.63) is 29.1 Å². The van der Waals surface area contributed by atoms with Crippen molar-refractivity contribution < 1.29 is 17.6 Å². The number of hydrogen-bond acceptors (Lipinski definition) is 3. The van der Waals surface area contributed by atoms with Crippen molar-refractivity contribution in [2.24, 2.45) is 0 Å². The maximum absolute atomic E-state index is 13.4. The Kier molecular flexibility index (Phi) is 4.49. The zero-order valence-corrected chi connectivity index (χ0v) is 13.3. The van der Waals surface area contributed by atoms with E-state index in [0.29, 0.717) is 24.1 Å². The van der Waals surface area contributed by atoms with Crippen molar-refractivity contribution in [3.63, 3.8) is 0 Å². The predicted octanol–water partition coefficient (Wildman–Crippen LogP) is 2.57. The minimum Gasteiger partial charge on any atom is -0.300 e. The number of hydrogen-bond donors (Lipinski definition) is 0. The van der Waals surface area contributed by atoms with Gasteiger partial charge in [-0.25, -0.2) is 12.8 Å². The highest BCUT2D eigenvalue weighted by molar-refractivity contribution is 7.89. The monoisotopic (exact) mass is 313 g/mol. The van der Waals surface area contributed by atoms with Gasteiger partial charge in [-0.2, -0.15) is 4.31 Å². The summed E-state index contributed by atoms with van der Waals surface area (Å²) in [6.07, 6.45) is 1.67. The van der Waals surface area contributed by atoms with Crippen LogP contribution in [0.1, 0.15) is 37.3 Å². The molecule has 2 rings (SSSR count). The second kappa shape index (κ2) is 5.85. The van der Waals surface area contributed by atoms with E-state index in [-0.39, 0.29) is 23.1 Å². The van der Waals surface area contributed by atoms with Crippen LogP contribution in [-0.2, 0) is 14.8 Å². The number of benzene rings is 1. The molecule has 21 heavy (non-hydrogen) atoms. The van der Waals surface area contributed by atoms with Gasteiger partial charge in [-0.3, -0.25) is 4.79 Å². The lowest BCUT2D eigenvalue weighted by Crippen LogP contribution is -2.37. The van der Waals surface area contributed by atoms with Gasteiger partial charge in [-0.1, -0.05) is 0 Å². The van der Waals surface area contributed by atoms with Crippen LogP contribution in [0, 0.1) is 19.7 Å². The first-order chi connectivity index (χ1) is 9.73. The Morgan fingerprint density at radius 2 is 1.90 bits per heavy atom. The Hall–Kier alpha value is -1.27. The Morgan fingerprint density at radius 3 is 2.43 bits per heavy atom. The maximum atomic E-state index is 13.4. The van der Waals surface area contributed by atoms with Crippen LogP contribution in [0.4, 0.5) is 4.39 Å². The summed E-state index contributed by atoms with van der Waals surface area (Å²) < 4.78 is 40.5. The molecule has 1 aliphatic heterocycles. The van der Waals surface area contributed by atoms with Gasteiger partial charge in [0.2, 0.25) is 10.0 Å². The van der Waals surface area contributed by atoms with Crippen LogP contribution < -0.4 is 0 Å². The number of nitrogens with zero attached hydrogens (tertiary/aromatic N) is 1. The number of carbonyl (C=O) groups is 1. The zero-order chi connectivity index (χ0) is 15.8. The van der Waals surface area contributed by atoms with Crippen LogP contribution in [0.15, 0.2) is 17.0 Å². The third-order valence-corrected chi connectivity index (χ3v) is 6.10. The van der Waals surface area contributed by atoms with Crippen LogP contribution in [0.3, 0.4) is 0 Å². The standard InChI is InChI=1S/C15H20FNO3S/c1-10-7-13(16)8-11(2)15(10)21(19,20)17-6-4-5-14(17)9-12(3)18/h7-8,14H,4-6,9H2,1-3H3. The molecular formula is C15H20FNO3S. The Labute approximate surface area is 125 Å². The molecule has 0 amide bonds. The van der Waals surface area contributed by atoms with Gasteiger partial charge in [0, 0.05) is 19.0 Å². The lowest BCUT2D eigenvalue weighted by atomic mass is 10.1. The molecular weight excluding hydrogens is 293 g/mol. The molecule has 0 spiro atoms. The normalized spacial score (nSPS) is 19.9. The van der Waals surface area contributed by atoms with Crippen LogP contribution >= 0.6 is 0 Å². The van der Waals surface area contributed by atoms with Crippen LogP contribution in [0.2, 0.25) is 0 Å². The summed E-state index contributed by atoms with van der Waals surface area (Å²) in [6.45, 7) is 5.08. The summed E-state index contributed by atoms with van der Waals surface area (Å²) in [5.41, 5.74) is 0.807. The van der Waals surface area contributed by atoms with Gasteiger partial charge in [0.05, 0.1) is 4.90 Å². The van der Waals surface area contributed by atoms with E-state index < -0.39 is 15.8 Å². The van der Waals surface area contributed by atoms with Crippen LogP contribution in [-0.4, -0.2) is 31.1 Å². The van der Waals surface area contributed by atoms with E-state index in [0.717, 1.165) is 6.42 Å². The minimum absolute atomic E-state index is 0.0188. The molecule has 1 fully saturated rings. The van der Waals surface area contributed by atoms with E-state index in [1.807, 2.05) is 0 Å². The second-order valence-electron chi connectivity index (χ2n) is 5.69. The molecule has 1 atom stereocenters. The Balaban J connectivity index is 2.45. The summed E-state index contributed by atoms with van der Waals surface area (Å²) in [4.78, 5) is 11.5. The fourth-order valence-electron chi connectivity index (χ4n) is 3.08. The molecule has 6 heteroatoms. The van der Waals surface area contributed by atoms with E-state index in [9.17, 15) is 17.6 Å². The topological polar surface area (TPSA) is 54.5 Å². The average Bonchev–Trinajstić information content (AvgIpc) is 2.74. The van der Waals surface area contributed by atoms with Crippen molar-refractivity contribution in [2.75, 3.05) is 6.54 Å². The first-order valence-electron chi connectivity index (χ1n) is 7.01. The summed E-state index contributed by atoms with van der Waals surface area (Å²) in [6, 6.07) is 2.18. The highest BCUT2D eigenvalue weighted by Gasteiger charge is 2.37. The third-order valence-electron chi connectivity index (χ3n) is 3.84. The smallest absolute Gasteiger partial charge is 0.243 e. The number of aryl methyl sites for hydroxylation is 2. The molecule has 0 aromatic heterocycles. The quantitative estimate of drug-likeness (QED) is 0.858. The zero-order valence-electron chi connectivity index (χ0n) is 12.5. The minimum atomic E-state index is -3.70. The highest BCUT2D eigenvalue weighted by Crippen LogP contribution is 2.31. The van der Waals surface area contributed by atoms with Crippen molar-refractivity contribution in [2.45, 2.75) is 51.0 Å². The Morgan fingerprint density at radius 1 is 1.33 bits per heavy atom. The summed E-state index contributed by atoms with van der Waals surface area (Å²) in [5.74, 6) is -0.458. The van der Waals surface area contributed by atoms with Crippen LogP contribution in [0.5, 0.6) is 0 Å². The lowest BCUT2D eigenvalue weighted by molar-refractivity contribution is -0.117. The summed E-state index contributed by atoms with van der Waals surface area (Å²) >= 11 is 0. The first-order valence-corrected chi connectivity index (χ1v) is 8.45. The molecule has 0 N–H and O–H groups in total. The SMILES string of the molecule is CC(=O)CC1CCCN1S(=O)(=O)c1c(C)cc(F)cc1C. The van der Waals surface area contributed by atoms with Crippen molar-refractivity contribution in [1.29, 1.82) is 0 Å². The maximum Gasteiger partial charge on any atom is 0.243 e. The number of halogens is 1. The molecule has 0 bridgehead atoms. The number of carbonyl (C=O) groups excluding carboxylic acids is 1. The van der Waals surface area contributed by atoms with Gasteiger partial charge in [0.1, 0.15) is 11.6 Å². The molecule has 0 aliphatic carbocycles. The van der Waals surface area contributed by atoms with Gasteiger partial charge in [0.15, 0.2) is 0 Å². The third kappa shape index (κ3) is 3.16. The van der Waals surface area contributed by atoms with Crippen molar-refractivity contribution in [3.8, 4) is 0 Å². The van der Waals surface area contributed by atoms with E-state index in [1.165, 1.54) is 23.4 Å². The fraction of sp³-hybridized carbons (Fsp3) is 0.533. The van der Waals surface area contributed by atoms with E-state index in [2.05, 4.69) is 0 Å². The molecule has 0 radical (unpaired) electrons. The van der Waals surface area contributed by atoms with Crippen LogP contribution in [0.25, 0.3) is 0 Å². The molecule has 1 aliphatic rings. The molecule has 1 unspecified atom stereocenters. The number of sulfonamides is 1. The Bertz CT molecular complexity index is 646. The predicted molar refractivity (Wildman–Crippen MR) is 78.1 cm³/mol. The molecule has 4 nitrogen and oxygen atoms in total. The van der Waals surface area contributed by atoms with E-state index in [4.69, 9.17) is 0 Å². The molecule has 1 aromatic carbocycles. The average molecular weight is 313 g/mol. The van der Waals surface area contributed by atoms with E-state index in [1.54, 1.807) is 13.8 Å². The molecule has 1 saturated heterocycles. The molecule has 1 aromatic rings. The number of Topliss-reactive ketones (excluding diaryl/α,β-unsaturated/α-hetero) is 1. The van der Waals surface area contributed by atoms with Gasteiger partial charge < -0.3 is 0 Å². The lowest BCUT2D eigenvalue weighted by Gasteiger charge is -2.25. The van der Waals surface area contributed by atoms with E-state index >= 15 is 0 Å². The summed E-state index contributed by atoms with van der Waals surface area (Å²) in [5, 5.41) is 0. The van der Waals surface area contributed by atoms with Gasteiger partial charge in [0.25, 0.3) is 0 Å². The van der Waals surface area contributed by atoms with Crippen molar-refractivity contribution in [1.82, 2.24) is 4.31 Å². The van der Waals surface area contributed by atoms with Gasteiger partial charge in [-0.15, -0.1) is 0 Å². The summed E-state index contributed by atoms with van der Waals surface area (Å²) in [7, 11) is -3.70. The van der Waals surface area contributed by atoms with Gasteiger partial charge in [-0.05, 0) is 56.9 Å². The molecule has 1 heterocycles. The van der Waals surface area contributed by atoms with Gasteiger partial charge >= 0.3 is 0 Å². The number of ketones is 1. The molecule has 116 valence electrons. The van der Waals surface area contributed by atoms with Crippen molar-refractivity contribution >= 4 is 15.8 Å². The second-order valence-corrected chi connectivity index (χ2v) is 7.51. The highest BCUT2D eigenvalue weighted by atomic mass is 32.2. The number of rotatable bonds is 4. The first kappa shape index (κ1) is 16.1. The fourth-order valence-corrected chi connectivity index (χ4v) is 5.19.